The zero-order valence-corrected chi connectivity index (χ0v) is 22.1. The summed E-state index contributed by atoms with van der Waals surface area (Å²) in [5, 5.41) is 15.4. The van der Waals surface area contributed by atoms with Gasteiger partial charge in [-0.3, -0.25) is 14.7 Å². The van der Waals surface area contributed by atoms with Gasteiger partial charge in [0.1, 0.15) is 29.3 Å². The average molecular weight is 522 g/mol. The number of amides is 2. The maximum absolute atomic E-state index is 12.6. The second-order valence-corrected chi connectivity index (χ2v) is 10.5. The highest BCUT2D eigenvalue weighted by Gasteiger charge is 2.30. The van der Waals surface area contributed by atoms with Gasteiger partial charge in [0.15, 0.2) is 0 Å². The Kier molecular flexibility index (Phi) is 7.22. The van der Waals surface area contributed by atoms with E-state index >= 15 is 0 Å². The van der Waals surface area contributed by atoms with Crippen molar-refractivity contribution in [3.63, 3.8) is 0 Å². The van der Waals surface area contributed by atoms with Crippen LogP contribution in [0, 0.1) is 5.92 Å². The van der Waals surface area contributed by atoms with Gasteiger partial charge >= 0.3 is 0 Å². The summed E-state index contributed by atoms with van der Waals surface area (Å²) in [6.45, 7) is 2.73. The Morgan fingerprint density at radius 1 is 1.27 bits per heavy atom. The first-order valence-electron chi connectivity index (χ1n) is 12.5. The van der Waals surface area contributed by atoms with Crippen LogP contribution in [0.15, 0.2) is 24.7 Å². The number of H-pyrrole nitrogens is 1. The minimum atomic E-state index is 0.00116. The van der Waals surface area contributed by atoms with Crippen molar-refractivity contribution in [3.05, 3.63) is 35.1 Å². The van der Waals surface area contributed by atoms with E-state index < -0.39 is 0 Å². The summed E-state index contributed by atoms with van der Waals surface area (Å²) in [7, 11) is 3.62. The van der Waals surface area contributed by atoms with E-state index in [1.807, 2.05) is 33.2 Å². The molecule has 0 radical (unpaired) electrons. The van der Waals surface area contributed by atoms with Crippen molar-refractivity contribution in [1.29, 1.82) is 0 Å². The molecule has 3 aromatic heterocycles. The van der Waals surface area contributed by atoms with Gasteiger partial charge in [0.2, 0.25) is 11.8 Å². The van der Waals surface area contributed by atoms with Crippen molar-refractivity contribution in [2.24, 2.45) is 5.92 Å². The lowest BCUT2D eigenvalue weighted by Crippen LogP contribution is -2.32. The number of hydrogen-bond donors (Lipinski definition) is 3. The van der Waals surface area contributed by atoms with Crippen LogP contribution in [-0.4, -0.2) is 64.1 Å². The second-order valence-electron chi connectivity index (χ2n) is 9.46. The third kappa shape index (κ3) is 5.22. The Bertz CT molecular complexity index is 1440. The molecule has 3 N–H and O–H groups in total. The minimum Gasteiger partial charge on any atom is -0.489 e. The van der Waals surface area contributed by atoms with Gasteiger partial charge in [-0.2, -0.15) is 5.10 Å². The quantitative estimate of drug-likeness (QED) is 0.286. The third-order valence-electron chi connectivity index (χ3n) is 6.59. The molecule has 1 aliphatic rings. The Morgan fingerprint density at radius 2 is 2.14 bits per heavy atom. The van der Waals surface area contributed by atoms with Crippen LogP contribution in [0.2, 0.25) is 0 Å². The first-order valence-corrected chi connectivity index (χ1v) is 13.4. The largest absolute Gasteiger partial charge is 0.489 e. The number of fused-ring (bicyclic) bond motifs is 4. The van der Waals surface area contributed by atoms with E-state index in [1.165, 1.54) is 10.4 Å². The number of carbonyl (C=O) groups is 2. The monoisotopic (exact) mass is 521 g/mol. The maximum Gasteiger partial charge on any atom is 0.225 e. The predicted molar refractivity (Wildman–Crippen MR) is 144 cm³/mol. The number of aromatic amines is 1. The number of carbonyl (C=O) groups excluding carboxylic acids is 2. The molecule has 0 aliphatic heterocycles. The molecule has 4 aromatic rings. The number of aryl methyl sites for hydroxylation is 1. The zero-order chi connectivity index (χ0) is 25.9. The molecule has 0 bridgehead atoms. The molecule has 1 aromatic carbocycles. The van der Waals surface area contributed by atoms with Gasteiger partial charge in [-0.05, 0) is 37.3 Å². The normalized spacial score (nSPS) is 14.9. The molecule has 194 valence electrons. The molecule has 1 atom stereocenters. The molecule has 11 heteroatoms. The molecule has 2 amide bonds. The molecular weight excluding hydrogens is 490 g/mol. The van der Waals surface area contributed by atoms with E-state index in [9.17, 15) is 9.59 Å². The SMILES string of the molecule is CCCC(=O)NCCOc1cc2[nH]ncc2cc1Nc1ncnc2sc3c(c12)CC[C@H](C(=O)N(C)C)C3. The molecular formula is C26H31N7O3S. The third-order valence-corrected chi connectivity index (χ3v) is 7.75. The number of anilines is 2. The second kappa shape index (κ2) is 10.7. The van der Waals surface area contributed by atoms with E-state index in [0.29, 0.717) is 31.1 Å². The highest BCUT2D eigenvalue weighted by atomic mass is 32.1. The fourth-order valence-electron chi connectivity index (χ4n) is 4.76. The smallest absolute Gasteiger partial charge is 0.225 e. The molecule has 3 heterocycles. The van der Waals surface area contributed by atoms with Crippen molar-refractivity contribution in [3.8, 4) is 5.75 Å². The fraction of sp³-hybridized carbons (Fsp3) is 0.423. The lowest BCUT2D eigenvalue weighted by Gasteiger charge is -2.24. The lowest BCUT2D eigenvalue weighted by molar-refractivity contribution is -0.133. The summed E-state index contributed by atoms with van der Waals surface area (Å²) in [5.41, 5.74) is 2.83. The van der Waals surface area contributed by atoms with Crippen molar-refractivity contribution >= 4 is 55.8 Å². The molecule has 0 saturated heterocycles. The number of aromatic nitrogens is 4. The van der Waals surface area contributed by atoms with Gasteiger partial charge in [-0.1, -0.05) is 6.92 Å². The van der Waals surface area contributed by atoms with Crippen LogP contribution in [0.4, 0.5) is 11.5 Å². The summed E-state index contributed by atoms with van der Waals surface area (Å²) in [5.74, 6) is 1.54. The molecule has 0 saturated carbocycles. The van der Waals surface area contributed by atoms with Gasteiger partial charge in [0, 0.05) is 42.8 Å². The highest BCUT2D eigenvalue weighted by molar-refractivity contribution is 7.19. The summed E-state index contributed by atoms with van der Waals surface area (Å²) in [4.78, 5) is 37.3. The van der Waals surface area contributed by atoms with Crippen LogP contribution in [0.25, 0.3) is 21.1 Å². The summed E-state index contributed by atoms with van der Waals surface area (Å²) in [6, 6.07) is 3.87. The van der Waals surface area contributed by atoms with E-state index in [2.05, 4.69) is 30.8 Å². The average Bonchev–Trinajstić information content (AvgIpc) is 3.50. The van der Waals surface area contributed by atoms with Crippen molar-refractivity contribution in [2.75, 3.05) is 32.6 Å². The maximum atomic E-state index is 12.6. The number of thiophene rings is 1. The number of nitrogens with one attached hydrogen (secondary N) is 3. The molecule has 37 heavy (non-hydrogen) atoms. The molecule has 10 nitrogen and oxygen atoms in total. The number of benzene rings is 1. The molecule has 5 rings (SSSR count). The Morgan fingerprint density at radius 3 is 2.95 bits per heavy atom. The number of ether oxygens (including phenoxy) is 1. The predicted octanol–water partition coefficient (Wildman–Crippen LogP) is 3.80. The number of nitrogens with zero attached hydrogens (tertiary/aromatic N) is 4. The standard InChI is InChI=1S/C26H31N7O3S/c1-4-5-22(34)27-8-9-36-20-12-18-16(13-30-32-18)10-19(20)31-24-23-17-7-6-15(26(35)33(2)3)11-21(17)37-25(23)29-14-28-24/h10,12-15H,4-9,11H2,1-3H3,(H,27,34)(H,30,32)(H,28,29,31)/t15-/m0/s1. The van der Waals surface area contributed by atoms with E-state index in [1.54, 1.807) is 28.8 Å². The molecule has 0 fully saturated rings. The fourth-order valence-corrected chi connectivity index (χ4v) is 6.03. The number of rotatable bonds is 9. The van der Waals surface area contributed by atoms with Crippen molar-refractivity contribution < 1.29 is 14.3 Å². The summed E-state index contributed by atoms with van der Waals surface area (Å²) >= 11 is 1.64. The van der Waals surface area contributed by atoms with Gasteiger partial charge in [0.05, 0.1) is 29.3 Å². The molecule has 1 aliphatic carbocycles. The van der Waals surface area contributed by atoms with Gasteiger partial charge in [-0.15, -0.1) is 11.3 Å². The van der Waals surface area contributed by atoms with Crippen LogP contribution in [0.1, 0.15) is 36.6 Å². The topological polar surface area (TPSA) is 125 Å². The van der Waals surface area contributed by atoms with Crippen molar-refractivity contribution in [1.82, 2.24) is 30.4 Å². The molecule has 0 spiro atoms. The summed E-state index contributed by atoms with van der Waals surface area (Å²) in [6.07, 6.45) is 6.99. The van der Waals surface area contributed by atoms with Crippen LogP contribution < -0.4 is 15.4 Å². The van der Waals surface area contributed by atoms with Gasteiger partial charge in [-0.25, -0.2) is 9.97 Å². The lowest BCUT2D eigenvalue weighted by atomic mass is 9.87. The first-order chi connectivity index (χ1) is 17.9. The van der Waals surface area contributed by atoms with Crippen LogP contribution in [0.5, 0.6) is 5.75 Å². The number of hydrogen-bond acceptors (Lipinski definition) is 8. The van der Waals surface area contributed by atoms with Crippen LogP contribution >= 0.6 is 11.3 Å². The van der Waals surface area contributed by atoms with Gasteiger partial charge < -0.3 is 20.3 Å². The Labute approximate surface area is 218 Å². The van der Waals surface area contributed by atoms with Gasteiger partial charge in [0.25, 0.3) is 0 Å². The van der Waals surface area contributed by atoms with E-state index in [4.69, 9.17) is 4.74 Å². The first kappa shape index (κ1) is 24.9. The zero-order valence-electron chi connectivity index (χ0n) is 21.3. The van der Waals surface area contributed by atoms with E-state index in [-0.39, 0.29) is 17.7 Å². The Hall–Kier alpha value is -3.73. The van der Waals surface area contributed by atoms with Crippen LogP contribution in [0.3, 0.4) is 0 Å². The summed E-state index contributed by atoms with van der Waals surface area (Å²) < 4.78 is 6.08. The van der Waals surface area contributed by atoms with Crippen molar-refractivity contribution in [2.45, 2.75) is 39.0 Å². The minimum absolute atomic E-state index is 0.00116. The highest BCUT2D eigenvalue weighted by Crippen LogP contribution is 2.41. The Balaban J connectivity index is 1.42. The van der Waals surface area contributed by atoms with Crippen LogP contribution in [-0.2, 0) is 22.4 Å². The molecule has 0 unspecified atom stereocenters. The van der Waals surface area contributed by atoms with E-state index in [0.717, 1.165) is 52.5 Å².